The second-order valence-corrected chi connectivity index (χ2v) is 2.38. The van der Waals surface area contributed by atoms with Gasteiger partial charge in [0.1, 0.15) is 0 Å². The van der Waals surface area contributed by atoms with Gasteiger partial charge in [0.25, 0.3) is 0 Å². The average Bonchev–Trinajstić information content (AvgIpc) is 1.83. The third kappa shape index (κ3) is 5.34. The Morgan fingerprint density at radius 1 is 1.67 bits per heavy atom. The lowest BCUT2D eigenvalue weighted by molar-refractivity contribution is 0.241. The van der Waals surface area contributed by atoms with Crippen molar-refractivity contribution < 1.29 is 4.74 Å². The van der Waals surface area contributed by atoms with Crippen LogP contribution in [-0.4, -0.2) is 12.5 Å². The fourth-order valence-electron chi connectivity index (χ4n) is 0.385. The zero-order valence-electron chi connectivity index (χ0n) is 6.40. The normalized spacial score (nSPS) is 12.8. The van der Waals surface area contributed by atoms with Crippen LogP contribution in [-0.2, 0) is 4.74 Å². The van der Waals surface area contributed by atoms with Crippen LogP contribution in [0.5, 0.6) is 0 Å². The summed E-state index contributed by atoms with van der Waals surface area (Å²) in [4.78, 5) is 0. The molecule has 0 heterocycles. The molecule has 0 fully saturated rings. The van der Waals surface area contributed by atoms with Crippen LogP contribution < -0.4 is 0 Å². The molecule has 0 aromatic carbocycles. The molecule has 0 saturated heterocycles. The minimum Gasteiger partial charge on any atom is -0.481 e. The zero-order chi connectivity index (χ0) is 7.28. The first-order valence-corrected chi connectivity index (χ1v) is 3.34. The molecule has 0 radical (unpaired) electrons. The van der Waals surface area contributed by atoms with Gasteiger partial charge in [-0.1, -0.05) is 20.3 Å². The van der Waals surface area contributed by atoms with Gasteiger partial charge in [0.2, 0.25) is 0 Å². The summed E-state index contributed by atoms with van der Waals surface area (Å²) in [6.45, 7) is 6.57. The highest BCUT2D eigenvalue weighted by molar-refractivity contribution is 5.69. The molecule has 0 rings (SSSR count). The maximum absolute atomic E-state index is 6.94. The summed E-state index contributed by atoms with van der Waals surface area (Å²) in [7, 11) is 0. The van der Waals surface area contributed by atoms with Crippen LogP contribution in [0.3, 0.4) is 0 Å². The zero-order valence-corrected chi connectivity index (χ0v) is 6.40. The first kappa shape index (κ1) is 8.47. The van der Waals surface area contributed by atoms with E-state index in [1.807, 2.05) is 0 Å². The predicted octanol–water partition coefficient (Wildman–Crippen LogP) is 2.05. The Morgan fingerprint density at radius 3 is 2.56 bits per heavy atom. The molecule has 0 aromatic rings. The minimum atomic E-state index is 0.315. The van der Waals surface area contributed by atoms with E-state index in [9.17, 15) is 0 Å². The standard InChI is InChI=1S/C7H15NO/c1-4-6(2)5-9-7(3)8/h6,8H,4-5H2,1-3H3. The summed E-state index contributed by atoms with van der Waals surface area (Å²) >= 11 is 0. The molecule has 54 valence electrons. The van der Waals surface area contributed by atoms with E-state index in [1.165, 1.54) is 0 Å². The molecule has 2 heteroatoms. The van der Waals surface area contributed by atoms with Gasteiger partial charge in [-0.2, -0.15) is 0 Å². The van der Waals surface area contributed by atoms with Gasteiger partial charge in [-0.05, 0) is 5.92 Å². The van der Waals surface area contributed by atoms with Crippen LogP contribution in [0, 0.1) is 11.3 Å². The molecule has 0 aliphatic rings. The SMILES string of the molecule is CCC(C)COC(C)=N. The molecule has 0 aliphatic heterocycles. The van der Waals surface area contributed by atoms with Gasteiger partial charge < -0.3 is 4.74 Å². The van der Waals surface area contributed by atoms with Gasteiger partial charge in [-0.3, -0.25) is 5.41 Å². The minimum absolute atomic E-state index is 0.315. The fourth-order valence-corrected chi connectivity index (χ4v) is 0.385. The first-order chi connectivity index (χ1) is 4.16. The van der Waals surface area contributed by atoms with Crippen molar-refractivity contribution in [3.05, 3.63) is 0 Å². The van der Waals surface area contributed by atoms with E-state index < -0.39 is 0 Å². The largest absolute Gasteiger partial charge is 0.481 e. The fraction of sp³-hybridized carbons (Fsp3) is 0.857. The molecule has 0 spiro atoms. The van der Waals surface area contributed by atoms with Crippen LogP contribution in [0.1, 0.15) is 27.2 Å². The van der Waals surface area contributed by atoms with Crippen molar-refractivity contribution >= 4 is 5.90 Å². The van der Waals surface area contributed by atoms with Crippen LogP contribution in [0.4, 0.5) is 0 Å². The number of nitrogens with one attached hydrogen (secondary N) is 1. The van der Waals surface area contributed by atoms with Crippen molar-refractivity contribution in [2.45, 2.75) is 27.2 Å². The second kappa shape index (κ2) is 4.36. The Kier molecular flexibility index (Phi) is 4.10. The summed E-state index contributed by atoms with van der Waals surface area (Å²) < 4.78 is 4.98. The molecule has 0 saturated carbocycles. The molecule has 0 amide bonds. The highest BCUT2D eigenvalue weighted by Gasteiger charge is 1.97. The molecule has 0 aliphatic carbocycles. The van der Waals surface area contributed by atoms with E-state index in [0.717, 1.165) is 6.42 Å². The van der Waals surface area contributed by atoms with E-state index >= 15 is 0 Å². The van der Waals surface area contributed by atoms with E-state index in [0.29, 0.717) is 18.4 Å². The summed E-state index contributed by atoms with van der Waals surface area (Å²) in [5.41, 5.74) is 0. The van der Waals surface area contributed by atoms with Crippen LogP contribution in [0.25, 0.3) is 0 Å². The molecular formula is C7H15NO. The van der Waals surface area contributed by atoms with E-state index in [4.69, 9.17) is 10.1 Å². The van der Waals surface area contributed by atoms with Gasteiger partial charge in [0.15, 0.2) is 5.90 Å². The van der Waals surface area contributed by atoms with E-state index in [2.05, 4.69) is 13.8 Å². The van der Waals surface area contributed by atoms with Crippen molar-refractivity contribution in [2.24, 2.45) is 5.92 Å². The predicted molar refractivity (Wildman–Crippen MR) is 38.8 cm³/mol. The molecule has 2 nitrogen and oxygen atoms in total. The Balaban J connectivity index is 3.16. The second-order valence-electron chi connectivity index (χ2n) is 2.38. The van der Waals surface area contributed by atoms with E-state index in [-0.39, 0.29) is 0 Å². The molecule has 1 atom stereocenters. The van der Waals surface area contributed by atoms with Gasteiger partial charge >= 0.3 is 0 Å². The van der Waals surface area contributed by atoms with Crippen LogP contribution >= 0.6 is 0 Å². The van der Waals surface area contributed by atoms with E-state index in [1.54, 1.807) is 6.92 Å². The van der Waals surface area contributed by atoms with Crippen molar-refractivity contribution in [3.8, 4) is 0 Å². The summed E-state index contributed by atoms with van der Waals surface area (Å²) in [6.07, 6.45) is 1.12. The molecule has 1 unspecified atom stereocenters. The molecule has 1 N–H and O–H groups in total. The van der Waals surface area contributed by atoms with Crippen molar-refractivity contribution in [3.63, 3.8) is 0 Å². The Labute approximate surface area is 56.7 Å². The lowest BCUT2D eigenvalue weighted by Gasteiger charge is -2.08. The Morgan fingerprint density at radius 2 is 2.22 bits per heavy atom. The maximum Gasteiger partial charge on any atom is 0.177 e. The third-order valence-corrected chi connectivity index (χ3v) is 1.28. The van der Waals surface area contributed by atoms with Crippen molar-refractivity contribution in [2.75, 3.05) is 6.61 Å². The Hall–Kier alpha value is -0.530. The van der Waals surface area contributed by atoms with Gasteiger partial charge in [-0.25, -0.2) is 0 Å². The number of hydrogen-bond acceptors (Lipinski definition) is 2. The number of ether oxygens (including phenoxy) is 1. The highest BCUT2D eigenvalue weighted by atomic mass is 16.5. The van der Waals surface area contributed by atoms with Gasteiger partial charge in [0.05, 0.1) is 6.61 Å². The maximum atomic E-state index is 6.94. The molecule has 0 bridgehead atoms. The quantitative estimate of drug-likeness (QED) is 0.459. The molecule has 9 heavy (non-hydrogen) atoms. The van der Waals surface area contributed by atoms with Crippen LogP contribution in [0.2, 0.25) is 0 Å². The monoisotopic (exact) mass is 129 g/mol. The Bertz CT molecular complexity index is 90.9. The highest BCUT2D eigenvalue weighted by Crippen LogP contribution is 1.99. The van der Waals surface area contributed by atoms with Crippen LogP contribution in [0.15, 0.2) is 0 Å². The number of hydrogen-bond donors (Lipinski definition) is 1. The lowest BCUT2D eigenvalue weighted by atomic mass is 10.1. The van der Waals surface area contributed by atoms with Gasteiger partial charge in [-0.15, -0.1) is 0 Å². The first-order valence-electron chi connectivity index (χ1n) is 3.34. The third-order valence-electron chi connectivity index (χ3n) is 1.28. The summed E-state index contributed by atoms with van der Waals surface area (Å²) in [6, 6.07) is 0. The smallest absolute Gasteiger partial charge is 0.177 e. The molecule has 0 aromatic heterocycles. The number of rotatable bonds is 3. The lowest BCUT2D eigenvalue weighted by Crippen LogP contribution is -2.07. The van der Waals surface area contributed by atoms with Gasteiger partial charge in [0, 0.05) is 6.92 Å². The van der Waals surface area contributed by atoms with Crippen molar-refractivity contribution in [1.82, 2.24) is 0 Å². The summed E-state index contributed by atoms with van der Waals surface area (Å²) in [5.74, 6) is 0.889. The average molecular weight is 129 g/mol. The summed E-state index contributed by atoms with van der Waals surface area (Å²) in [5, 5.41) is 6.94. The van der Waals surface area contributed by atoms with Crippen molar-refractivity contribution in [1.29, 1.82) is 5.41 Å². The topological polar surface area (TPSA) is 33.1 Å². The molecular weight excluding hydrogens is 114 g/mol.